The van der Waals surface area contributed by atoms with Gasteiger partial charge >= 0.3 is 0 Å². The van der Waals surface area contributed by atoms with Crippen LogP contribution >= 0.6 is 0 Å². The van der Waals surface area contributed by atoms with Gasteiger partial charge in [-0.1, -0.05) is 60.7 Å². The van der Waals surface area contributed by atoms with Crippen LogP contribution in [0.4, 0.5) is 0 Å². The molecule has 4 heteroatoms. The van der Waals surface area contributed by atoms with Gasteiger partial charge in [0.25, 0.3) is 0 Å². The van der Waals surface area contributed by atoms with Crippen LogP contribution < -0.4 is 0 Å². The van der Waals surface area contributed by atoms with Gasteiger partial charge in [-0.2, -0.15) is 0 Å². The maximum atomic E-state index is 5.85. The second-order valence-corrected chi connectivity index (χ2v) is 7.83. The molecule has 2 fully saturated rings. The maximum Gasteiger partial charge on any atom is 0.231 e. The smallest absolute Gasteiger partial charge is 0.231 e. The van der Waals surface area contributed by atoms with E-state index in [4.69, 9.17) is 4.42 Å². The second kappa shape index (κ2) is 6.93. The highest BCUT2D eigenvalue weighted by Gasteiger charge is 2.44. The van der Waals surface area contributed by atoms with E-state index in [2.05, 4.69) is 75.8 Å². The number of hydrogen-bond acceptors (Lipinski definition) is 4. The first-order valence-corrected chi connectivity index (χ1v) is 10.0. The molecule has 2 aliphatic heterocycles. The molecular weight excluding hydrogens is 334 g/mol. The molecule has 27 heavy (non-hydrogen) atoms. The van der Waals surface area contributed by atoms with Crippen LogP contribution in [0.5, 0.6) is 0 Å². The lowest BCUT2D eigenvalue weighted by Gasteiger charge is -2.34. The Labute approximate surface area is 160 Å². The summed E-state index contributed by atoms with van der Waals surface area (Å²) in [6, 6.07) is 22.8. The summed E-state index contributed by atoms with van der Waals surface area (Å²) in [7, 11) is 0. The fourth-order valence-corrected chi connectivity index (χ4v) is 5.30. The van der Waals surface area contributed by atoms with Crippen molar-refractivity contribution in [2.45, 2.75) is 49.6 Å². The Hall–Kier alpha value is -2.46. The van der Waals surface area contributed by atoms with E-state index in [1.54, 1.807) is 0 Å². The van der Waals surface area contributed by atoms with Gasteiger partial charge in [0.05, 0.1) is 5.41 Å². The molecule has 0 unspecified atom stereocenters. The van der Waals surface area contributed by atoms with Crippen LogP contribution in [-0.2, 0) is 5.41 Å². The van der Waals surface area contributed by atoms with Crippen molar-refractivity contribution in [1.82, 2.24) is 15.1 Å². The average Bonchev–Trinajstić information content (AvgIpc) is 3.49. The van der Waals surface area contributed by atoms with Crippen LogP contribution in [0.25, 0.3) is 0 Å². The zero-order valence-electron chi connectivity index (χ0n) is 15.5. The molecule has 2 aliphatic rings. The van der Waals surface area contributed by atoms with Gasteiger partial charge in [0.1, 0.15) is 0 Å². The van der Waals surface area contributed by atoms with Crippen LogP contribution in [0.1, 0.15) is 49.1 Å². The molecule has 2 bridgehead atoms. The molecular formula is C23H25N3O. The molecule has 0 atom stereocenters. The normalized spacial score (nSPS) is 22.4. The maximum absolute atomic E-state index is 5.85. The summed E-state index contributed by atoms with van der Waals surface area (Å²) in [6.07, 6.45) is 7.82. The monoisotopic (exact) mass is 359 g/mol. The lowest BCUT2D eigenvalue weighted by atomic mass is 9.71. The number of aromatic nitrogens is 2. The SMILES string of the molecule is c1ccc(C(CCN2C3CCC2CC3)(c2ccccc2)c2nnco2)cc1. The molecule has 1 aromatic heterocycles. The molecule has 0 aliphatic carbocycles. The third kappa shape index (κ3) is 2.79. The Kier molecular flexibility index (Phi) is 4.29. The molecule has 2 aromatic carbocycles. The topological polar surface area (TPSA) is 42.2 Å². The van der Waals surface area contributed by atoms with Gasteiger partial charge in [0, 0.05) is 18.6 Å². The molecule has 0 saturated carbocycles. The van der Waals surface area contributed by atoms with Crippen LogP contribution in [0.3, 0.4) is 0 Å². The van der Waals surface area contributed by atoms with E-state index in [0.29, 0.717) is 5.89 Å². The van der Waals surface area contributed by atoms with Gasteiger partial charge in [-0.05, 0) is 43.2 Å². The van der Waals surface area contributed by atoms with Crippen LogP contribution in [-0.4, -0.2) is 33.7 Å². The largest absolute Gasteiger partial charge is 0.427 e. The summed E-state index contributed by atoms with van der Waals surface area (Å²) in [4.78, 5) is 2.73. The summed E-state index contributed by atoms with van der Waals surface area (Å²) in [5.41, 5.74) is 2.01. The highest BCUT2D eigenvalue weighted by atomic mass is 16.4. The van der Waals surface area contributed by atoms with Crippen LogP contribution in [0.2, 0.25) is 0 Å². The Morgan fingerprint density at radius 1 is 0.852 bits per heavy atom. The van der Waals surface area contributed by atoms with E-state index in [-0.39, 0.29) is 0 Å². The highest BCUT2D eigenvalue weighted by Crippen LogP contribution is 2.44. The summed E-state index contributed by atoms with van der Waals surface area (Å²) in [5.74, 6) is 0.687. The molecule has 4 nitrogen and oxygen atoms in total. The zero-order valence-corrected chi connectivity index (χ0v) is 15.5. The third-order valence-corrected chi connectivity index (χ3v) is 6.61. The molecule has 0 spiro atoms. The number of nitrogens with zero attached hydrogens (tertiary/aromatic N) is 3. The number of rotatable bonds is 6. The van der Waals surface area contributed by atoms with Crippen molar-refractivity contribution in [3.05, 3.63) is 84.1 Å². The molecule has 5 rings (SSSR count). The predicted octanol–water partition coefficient (Wildman–Crippen LogP) is 4.42. The van der Waals surface area contributed by atoms with Crippen molar-refractivity contribution < 1.29 is 4.42 Å². The van der Waals surface area contributed by atoms with E-state index >= 15 is 0 Å². The minimum Gasteiger partial charge on any atom is -0.427 e. The van der Waals surface area contributed by atoms with Crippen molar-refractivity contribution in [1.29, 1.82) is 0 Å². The molecule has 3 heterocycles. The van der Waals surface area contributed by atoms with Crippen LogP contribution in [0.15, 0.2) is 71.5 Å². The molecule has 0 N–H and O–H groups in total. The number of benzene rings is 2. The third-order valence-electron chi connectivity index (χ3n) is 6.61. The van der Waals surface area contributed by atoms with Gasteiger partial charge < -0.3 is 4.42 Å². The first-order valence-electron chi connectivity index (χ1n) is 10.0. The van der Waals surface area contributed by atoms with Crippen molar-refractivity contribution in [2.24, 2.45) is 0 Å². The van der Waals surface area contributed by atoms with Gasteiger partial charge in [0.15, 0.2) is 0 Å². The summed E-state index contributed by atoms with van der Waals surface area (Å²) in [6.45, 7) is 1.06. The Morgan fingerprint density at radius 3 is 1.89 bits per heavy atom. The van der Waals surface area contributed by atoms with E-state index in [9.17, 15) is 0 Å². The van der Waals surface area contributed by atoms with Gasteiger partial charge in [-0.15, -0.1) is 10.2 Å². The van der Waals surface area contributed by atoms with Crippen molar-refractivity contribution >= 4 is 0 Å². The first kappa shape index (κ1) is 16.7. The van der Waals surface area contributed by atoms with Gasteiger partial charge in [-0.3, -0.25) is 4.90 Å². The molecule has 0 amide bonds. The first-order chi connectivity index (χ1) is 13.4. The van der Waals surface area contributed by atoms with E-state index in [1.807, 2.05) is 0 Å². The average molecular weight is 359 g/mol. The van der Waals surface area contributed by atoms with Gasteiger partial charge in [-0.25, -0.2) is 0 Å². The second-order valence-electron chi connectivity index (χ2n) is 7.83. The summed E-state index contributed by atoms with van der Waals surface area (Å²) in [5, 5.41) is 8.44. The lowest BCUT2D eigenvalue weighted by molar-refractivity contribution is 0.228. The number of hydrogen-bond donors (Lipinski definition) is 0. The highest BCUT2D eigenvalue weighted by molar-refractivity contribution is 5.45. The Bertz CT molecular complexity index is 804. The standard InChI is InChI=1S/C23H25N3O/c1-3-7-18(8-4-1)23(22-25-24-17-27-22,19-9-5-2-6-10-19)15-16-26-20-11-12-21(26)14-13-20/h1-10,17,20-21H,11-16H2. The Balaban J connectivity index is 1.59. The van der Waals surface area contributed by atoms with Crippen molar-refractivity contribution in [2.75, 3.05) is 6.54 Å². The van der Waals surface area contributed by atoms with Crippen LogP contribution in [0, 0.1) is 0 Å². The van der Waals surface area contributed by atoms with Crippen molar-refractivity contribution in [3.8, 4) is 0 Å². The minimum absolute atomic E-state index is 0.416. The fourth-order valence-electron chi connectivity index (χ4n) is 5.30. The predicted molar refractivity (Wildman–Crippen MR) is 104 cm³/mol. The Morgan fingerprint density at radius 2 is 1.41 bits per heavy atom. The van der Waals surface area contributed by atoms with Crippen molar-refractivity contribution in [3.63, 3.8) is 0 Å². The van der Waals surface area contributed by atoms with Gasteiger partial charge in [0.2, 0.25) is 12.3 Å². The summed E-state index contributed by atoms with van der Waals surface area (Å²) < 4.78 is 5.85. The lowest BCUT2D eigenvalue weighted by Crippen LogP contribution is -2.37. The fraction of sp³-hybridized carbons (Fsp3) is 0.391. The molecule has 138 valence electrons. The number of fused-ring (bicyclic) bond motifs is 2. The van der Waals surface area contributed by atoms with E-state index < -0.39 is 5.41 Å². The van der Waals surface area contributed by atoms with E-state index in [1.165, 1.54) is 43.2 Å². The zero-order chi connectivity index (χ0) is 18.1. The quantitative estimate of drug-likeness (QED) is 0.653. The molecule has 0 radical (unpaired) electrons. The summed E-state index contributed by atoms with van der Waals surface area (Å²) >= 11 is 0. The molecule has 2 saturated heterocycles. The van der Waals surface area contributed by atoms with E-state index in [0.717, 1.165) is 25.0 Å². The molecule has 3 aromatic rings. The minimum atomic E-state index is -0.416.